The lowest BCUT2D eigenvalue weighted by molar-refractivity contribution is -0.144. The van der Waals surface area contributed by atoms with Crippen LogP contribution in [0.15, 0.2) is 47.5 Å². The van der Waals surface area contributed by atoms with Crippen LogP contribution < -0.4 is 4.74 Å². The van der Waals surface area contributed by atoms with Gasteiger partial charge in [-0.2, -0.15) is 26.3 Å². The molecule has 28 heavy (non-hydrogen) atoms. The normalized spacial score (nSPS) is 12.2. The van der Waals surface area contributed by atoms with E-state index in [-0.39, 0.29) is 11.6 Å². The monoisotopic (exact) mass is 414 g/mol. The second-order valence-corrected chi connectivity index (χ2v) is 6.87. The van der Waals surface area contributed by atoms with Crippen LogP contribution in [0.4, 0.5) is 13.2 Å². The molecule has 12 heteroatoms. The van der Waals surface area contributed by atoms with Crippen molar-refractivity contribution in [2.45, 2.75) is 18.0 Å². The van der Waals surface area contributed by atoms with Gasteiger partial charge in [-0.3, -0.25) is 4.55 Å². The van der Waals surface area contributed by atoms with E-state index >= 15 is 0 Å². The number of halogens is 3. The van der Waals surface area contributed by atoms with Crippen molar-refractivity contribution in [1.82, 2.24) is 19.7 Å². The summed E-state index contributed by atoms with van der Waals surface area (Å²) in [5.74, 6) is -1.11. The molecule has 1 N–H and O–H groups in total. The first-order chi connectivity index (χ1) is 13.1. The molecule has 2 aromatic heterocycles. The highest BCUT2D eigenvalue weighted by Crippen LogP contribution is 2.30. The van der Waals surface area contributed by atoms with E-state index in [0.29, 0.717) is 17.9 Å². The fraction of sp³-hybridized carbons (Fsp3) is 0.188. The van der Waals surface area contributed by atoms with Crippen molar-refractivity contribution < 1.29 is 30.9 Å². The van der Waals surface area contributed by atoms with Gasteiger partial charge in [-0.15, -0.1) is 5.10 Å². The number of pyridine rings is 1. The van der Waals surface area contributed by atoms with Crippen LogP contribution in [0.25, 0.3) is 17.2 Å². The number of ether oxygens (including phenoxy) is 1. The maximum absolute atomic E-state index is 13.1. The first-order valence-electron chi connectivity index (χ1n) is 7.81. The highest BCUT2D eigenvalue weighted by molar-refractivity contribution is 7.85. The highest BCUT2D eigenvalue weighted by atomic mass is 32.2. The summed E-state index contributed by atoms with van der Waals surface area (Å²) in [5.41, 5.74) is 0.312. The standard InChI is InChI=1S/C16H13F3N4O4S/c1-2-27-11-5-3-10(4-6-11)14-21-15(16(17,18)19)22-23(14)13-8-7-12(9-20-13)28(24,25)26/h3-9H,2H2,1H3,(H,24,25,26). The summed E-state index contributed by atoms with van der Waals surface area (Å²) >= 11 is 0. The van der Waals surface area contributed by atoms with Gasteiger partial charge in [-0.05, 0) is 43.3 Å². The molecule has 0 saturated heterocycles. The third-order valence-corrected chi connectivity index (χ3v) is 4.36. The molecule has 0 aliphatic heterocycles. The summed E-state index contributed by atoms with van der Waals surface area (Å²) in [4.78, 5) is 6.82. The van der Waals surface area contributed by atoms with Gasteiger partial charge >= 0.3 is 6.18 Å². The van der Waals surface area contributed by atoms with Crippen molar-refractivity contribution in [3.8, 4) is 23.0 Å². The van der Waals surface area contributed by atoms with Crippen LogP contribution in [-0.4, -0.2) is 39.3 Å². The van der Waals surface area contributed by atoms with E-state index in [0.717, 1.165) is 23.0 Å². The molecule has 0 aliphatic rings. The smallest absolute Gasteiger partial charge is 0.453 e. The van der Waals surface area contributed by atoms with Crippen LogP contribution in [0.1, 0.15) is 12.7 Å². The molecule has 0 fully saturated rings. The Hall–Kier alpha value is -2.99. The van der Waals surface area contributed by atoms with Gasteiger partial charge in [0.05, 0.1) is 12.8 Å². The lowest BCUT2D eigenvalue weighted by Gasteiger charge is -2.07. The predicted octanol–water partition coefficient (Wildman–Crippen LogP) is 2.99. The fourth-order valence-electron chi connectivity index (χ4n) is 2.30. The Morgan fingerprint density at radius 1 is 1.14 bits per heavy atom. The van der Waals surface area contributed by atoms with Crippen LogP contribution in [0.2, 0.25) is 0 Å². The van der Waals surface area contributed by atoms with Gasteiger partial charge in [0, 0.05) is 5.56 Å². The molecule has 0 spiro atoms. The first-order valence-corrected chi connectivity index (χ1v) is 9.25. The van der Waals surface area contributed by atoms with Crippen molar-refractivity contribution in [2.75, 3.05) is 6.61 Å². The zero-order chi connectivity index (χ0) is 20.5. The number of alkyl halides is 3. The van der Waals surface area contributed by atoms with Crippen molar-refractivity contribution in [3.05, 3.63) is 48.4 Å². The van der Waals surface area contributed by atoms with Crippen molar-refractivity contribution in [2.24, 2.45) is 0 Å². The largest absolute Gasteiger partial charge is 0.494 e. The summed E-state index contributed by atoms with van der Waals surface area (Å²) in [5, 5.41) is 3.45. The van der Waals surface area contributed by atoms with Crippen molar-refractivity contribution in [3.63, 3.8) is 0 Å². The van der Waals surface area contributed by atoms with Crippen molar-refractivity contribution in [1.29, 1.82) is 0 Å². The van der Waals surface area contributed by atoms with Crippen molar-refractivity contribution >= 4 is 10.1 Å². The summed E-state index contributed by atoms with van der Waals surface area (Å²) in [6, 6.07) is 8.26. The average Bonchev–Trinajstić information content (AvgIpc) is 3.08. The Morgan fingerprint density at radius 2 is 1.82 bits per heavy atom. The van der Waals surface area contributed by atoms with Gasteiger partial charge in [0.25, 0.3) is 15.9 Å². The van der Waals surface area contributed by atoms with Gasteiger partial charge in [-0.25, -0.2) is 9.97 Å². The average molecular weight is 414 g/mol. The lowest BCUT2D eigenvalue weighted by Crippen LogP contribution is -2.09. The Kier molecular flexibility index (Phi) is 5.08. The van der Waals surface area contributed by atoms with E-state index in [9.17, 15) is 21.6 Å². The zero-order valence-corrected chi connectivity index (χ0v) is 15.1. The fourth-order valence-corrected chi connectivity index (χ4v) is 2.72. The van der Waals surface area contributed by atoms with Crippen LogP contribution in [0.3, 0.4) is 0 Å². The van der Waals surface area contributed by atoms with Gasteiger partial charge in [0.1, 0.15) is 10.6 Å². The van der Waals surface area contributed by atoms with Crippen LogP contribution >= 0.6 is 0 Å². The first kappa shape index (κ1) is 19.8. The minimum atomic E-state index is -4.79. The Labute approximate surface area is 157 Å². The Balaban J connectivity index is 2.10. The number of aromatic nitrogens is 4. The Morgan fingerprint density at radius 3 is 2.32 bits per heavy atom. The van der Waals surface area contributed by atoms with E-state index in [1.807, 2.05) is 0 Å². The molecule has 0 unspecified atom stereocenters. The summed E-state index contributed by atoms with van der Waals surface area (Å²) in [6.07, 6.45) is -3.98. The third kappa shape index (κ3) is 4.12. The van der Waals surface area contributed by atoms with Crippen LogP contribution in [-0.2, 0) is 16.3 Å². The van der Waals surface area contributed by atoms with Crippen LogP contribution in [0.5, 0.6) is 5.75 Å². The molecule has 1 aromatic carbocycles. The number of nitrogens with zero attached hydrogens (tertiary/aromatic N) is 4. The van der Waals surface area contributed by atoms with Gasteiger partial charge in [0.2, 0.25) is 0 Å². The molecule has 2 heterocycles. The van der Waals surface area contributed by atoms with Gasteiger partial charge < -0.3 is 4.74 Å². The number of rotatable bonds is 5. The molecule has 0 atom stereocenters. The highest BCUT2D eigenvalue weighted by Gasteiger charge is 2.37. The molecule has 0 bridgehead atoms. The summed E-state index contributed by atoms with van der Waals surface area (Å²) in [6.45, 7) is 2.22. The molecular formula is C16H13F3N4O4S. The molecule has 148 valence electrons. The number of benzene rings is 1. The minimum Gasteiger partial charge on any atom is -0.494 e. The second kappa shape index (κ2) is 7.20. The quantitative estimate of drug-likeness (QED) is 0.640. The molecule has 3 aromatic rings. The maximum atomic E-state index is 13.1. The molecular weight excluding hydrogens is 401 g/mol. The number of hydrogen-bond donors (Lipinski definition) is 1. The van der Waals surface area contributed by atoms with Gasteiger partial charge in [-0.1, -0.05) is 0 Å². The third-order valence-electron chi connectivity index (χ3n) is 3.52. The summed E-state index contributed by atoms with van der Waals surface area (Å²) < 4.78 is 76.7. The second-order valence-electron chi connectivity index (χ2n) is 5.45. The number of hydrogen-bond acceptors (Lipinski definition) is 6. The molecule has 3 rings (SSSR count). The van der Waals surface area contributed by atoms with E-state index in [1.54, 1.807) is 19.1 Å². The lowest BCUT2D eigenvalue weighted by atomic mass is 10.2. The SMILES string of the molecule is CCOc1ccc(-c2nc(C(F)(F)F)nn2-c2ccc(S(=O)(=O)O)cn2)cc1. The van der Waals surface area contributed by atoms with E-state index < -0.39 is 27.0 Å². The van der Waals surface area contributed by atoms with E-state index in [2.05, 4.69) is 15.1 Å². The molecule has 0 amide bonds. The van der Waals surface area contributed by atoms with E-state index in [1.165, 1.54) is 12.1 Å². The predicted molar refractivity (Wildman–Crippen MR) is 90.6 cm³/mol. The minimum absolute atomic E-state index is 0.112. The Bertz CT molecular complexity index is 1080. The summed E-state index contributed by atoms with van der Waals surface area (Å²) in [7, 11) is -4.49. The maximum Gasteiger partial charge on any atom is 0.453 e. The molecule has 0 aliphatic carbocycles. The topological polar surface area (TPSA) is 107 Å². The molecule has 0 radical (unpaired) electrons. The van der Waals surface area contributed by atoms with Crippen LogP contribution in [0, 0.1) is 0 Å². The van der Waals surface area contributed by atoms with E-state index in [4.69, 9.17) is 9.29 Å². The van der Waals surface area contributed by atoms with Gasteiger partial charge in [0.15, 0.2) is 11.6 Å². The molecule has 0 saturated carbocycles. The zero-order valence-electron chi connectivity index (χ0n) is 14.3. The molecule has 8 nitrogen and oxygen atoms in total.